The molecule has 0 bridgehead atoms. The average Bonchev–Trinajstić information content (AvgIpc) is 2.99. The Bertz CT molecular complexity index is 1020. The lowest BCUT2D eigenvalue weighted by Crippen LogP contribution is -2.36. The van der Waals surface area contributed by atoms with E-state index in [2.05, 4.69) is 46.0 Å². The second-order valence-electron chi connectivity index (χ2n) is 7.38. The van der Waals surface area contributed by atoms with Crippen molar-refractivity contribution in [1.82, 2.24) is 14.5 Å². The van der Waals surface area contributed by atoms with Gasteiger partial charge in [-0.1, -0.05) is 42.5 Å². The summed E-state index contributed by atoms with van der Waals surface area (Å²) < 4.78 is 2.33. The molecule has 7 heteroatoms. The number of nitrogens with two attached hydrogens (primary N) is 2. The summed E-state index contributed by atoms with van der Waals surface area (Å²) in [5, 5.41) is 0. The summed E-state index contributed by atoms with van der Waals surface area (Å²) in [6.45, 7) is 1.60. The van der Waals surface area contributed by atoms with E-state index in [9.17, 15) is 4.79 Å². The van der Waals surface area contributed by atoms with Gasteiger partial charge in [-0.15, -0.1) is 0 Å². The predicted molar refractivity (Wildman–Crippen MR) is 114 cm³/mol. The van der Waals surface area contributed by atoms with Crippen LogP contribution in [0.1, 0.15) is 23.9 Å². The number of rotatable bonds is 5. The SMILES string of the molecule is NC(N)=NCCC(=O)N1CCc2nc3ccccc3n2C(Cc2ccccc2)C1. The fraction of sp³-hybridized carbons (Fsp3) is 0.318. The number of hydrogen-bond acceptors (Lipinski definition) is 3. The lowest BCUT2D eigenvalue weighted by molar-refractivity contribution is -0.131. The molecule has 4 rings (SSSR count). The number of guanidine groups is 1. The van der Waals surface area contributed by atoms with Gasteiger partial charge in [0.05, 0.1) is 23.6 Å². The maximum absolute atomic E-state index is 12.8. The Hall–Kier alpha value is -3.35. The number of aromatic nitrogens is 2. The van der Waals surface area contributed by atoms with Crippen molar-refractivity contribution in [2.45, 2.75) is 25.3 Å². The quantitative estimate of drug-likeness (QED) is 0.513. The van der Waals surface area contributed by atoms with E-state index in [1.807, 2.05) is 23.1 Å². The van der Waals surface area contributed by atoms with E-state index in [4.69, 9.17) is 16.5 Å². The summed E-state index contributed by atoms with van der Waals surface area (Å²) in [5.74, 6) is 1.12. The Kier molecular flexibility index (Phi) is 5.46. The molecule has 0 aliphatic carbocycles. The summed E-state index contributed by atoms with van der Waals surface area (Å²) >= 11 is 0. The maximum Gasteiger partial charge on any atom is 0.224 e. The lowest BCUT2D eigenvalue weighted by atomic mass is 10.0. The number of para-hydroxylation sites is 2. The van der Waals surface area contributed by atoms with Gasteiger partial charge in [0.25, 0.3) is 0 Å². The predicted octanol–water partition coefficient (Wildman–Crippen LogP) is 1.87. The van der Waals surface area contributed by atoms with E-state index >= 15 is 0 Å². The summed E-state index contributed by atoms with van der Waals surface area (Å²) in [6, 6.07) is 18.7. The van der Waals surface area contributed by atoms with Crippen LogP contribution in [0.25, 0.3) is 11.0 Å². The van der Waals surface area contributed by atoms with Gasteiger partial charge in [-0.2, -0.15) is 0 Å². The second-order valence-corrected chi connectivity index (χ2v) is 7.38. The van der Waals surface area contributed by atoms with Crippen LogP contribution < -0.4 is 11.5 Å². The van der Waals surface area contributed by atoms with Crippen LogP contribution in [0, 0.1) is 0 Å². The molecule has 0 spiro atoms. The molecule has 2 aromatic carbocycles. The molecule has 2 heterocycles. The first-order valence-electron chi connectivity index (χ1n) is 9.95. The molecule has 4 N–H and O–H groups in total. The Labute approximate surface area is 170 Å². The number of amides is 1. The molecule has 1 atom stereocenters. The van der Waals surface area contributed by atoms with Gasteiger partial charge < -0.3 is 20.9 Å². The molecule has 3 aromatic rings. The number of aliphatic imine (C=N–C) groups is 1. The van der Waals surface area contributed by atoms with E-state index in [-0.39, 0.29) is 17.9 Å². The average molecular weight is 390 g/mol. The van der Waals surface area contributed by atoms with Crippen molar-refractivity contribution < 1.29 is 4.79 Å². The number of nitrogens with zero attached hydrogens (tertiary/aromatic N) is 4. The molecule has 0 fully saturated rings. The number of carbonyl (C=O) groups excluding carboxylic acids is 1. The molecule has 1 amide bonds. The minimum atomic E-state index is 0.0160. The van der Waals surface area contributed by atoms with Gasteiger partial charge >= 0.3 is 0 Å². The van der Waals surface area contributed by atoms with Crippen molar-refractivity contribution in [2.24, 2.45) is 16.5 Å². The van der Waals surface area contributed by atoms with Crippen molar-refractivity contribution in [1.29, 1.82) is 0 Å². The highest BCUT2D eigenvalue weighted by atomic mass is 16.2. The second kappa shape index (κ2) is 8.34. The summed E-state index contributed by atoms with van der Waals surface area (Å²) in [4.78, 5) is 23.5. The van der Waals surface area contributed by atoms with E-state index in [0.29, 0.717) is 26.1 Å². The van der Waals surface area contributed by atoms with E-state index < -0.39 is 0 Å². The van der Waals surface area contributed by atoms with Crippen molar-refractivity contribution in [3.05, 3.63) is 66.0 Å². The Morgan fingerprint density at radius 2 is 1.86 bits per heavy atom. The minimum absolute atomic E-state index is 0.0160. The van der Waals surface area contributed by atoms with Crippen LogP contribution in [0.2, 0.25) is 0 Å². The molecular formula is C22H26N6O. The number of carbonyl (C=O) groups is 1. The van der Waals surface area contributed by atoms with Gasteiger partial charge in [0, 0.05) is 25.9 Å². The van der Waals surface area contributed by atoms with Crippen LogP contribution in [-0.4, -0.2) is 46.0 Å². The van der Waals surface area contributed by atoms with Gasteiger partial charge in [0.2, 0.25) is 5.91 Å². The monoisotopic (exact) mass is 390 g/mol. The molecule has 1 aliphatic heterocycles. The first kappa shape index (κ1) is 19.0. The van der Waals surface area contributed by atoms with E-state index in [1.54, 1.807) is 0 Å². The summed E-state index contributed by atoms with van der Waals surface area (Å²) in [7, 11) is 0. The number of hydrogen-bond donors (Lipinski definition) is 2. The molecule has 7 nitrogen and oxygen atoms in total. The topological polar surface area (TPSA) is 103 Å². The smallest absolute Gasteiger partial charge is 0.224 e. The normalized spacial score (nSPS) is 16.3. The van der Waals surface area contributed by atoms with Crippen LogP contribution in [0.4, 0.5) is 0 Å². The van der Waals surface area contributed by atoms with Gasteiger partial charge in [-0.05, 0) is 24.1 Å². The maximum atomic E-state index is 12.8. The Morgan fingerprint density at radius 1 is 1.10 bits per heavy atom. The first-order chi connectivity index (χ1) is 14.1. The first-order valence-corrected chi connectivity index (χ1v) is 9.95. The third-order valence-corrected chi connectivity index (χ3v) is 5.36. The standard InChI is InChI=1S/C22H26N6O/c23-22(24)25-12-10-21(29)27-13-11-20-26-18-8-4-5-9-19(18)28(20)17(15-27)14-16-6-2-1-3-7-16/h1-9,17H,10-15H2,(H4,23,24,25). The van der Waals surface area contributed by atoms with Crippen LogP contribution >= 0.6 is 0 Å². The van der Waals surface area contributed by atoms with Crippen molar-refractivity contribution >= 4 is 22.9 Å². The third kappa shape index (κ3) is 4.23. The van der Waals surface area contributed by atoms with E-state index in [0.717, 1.165) is 29.7 Å². The molecule has 1 aromatic heterocycles. The number of imidazole rings is 1. The number of benzene rings is 2. The van der Waals surface area contributed by atoms with Gasteiger partial charge in [-0.3, -0.25) is 9.79 Å². The van der Waals surface area contributed by atoms with E-state index in [1.165, 1.54) is 5.56 Å². The summed E-state index contributed by atoms with van der Waals surface area (Å²) in [6.07, 6.45) is 1.87. The molecule has 0 saturated carbocycles. The highest BCUT2D eigenvalue weighted by molar-refractivity contribution is 5.79. The third-order valence-electron chi connectivity index (χ3n) is 5.36. The van der Waals surface area contributed by atoms with Crippen LogP contribution in [-0.2, 0) is 17.6 Å². The van der Waals surface area contributed by atoms with Crippen molar-refractivity contribution in [3.8, 4) is 0 Å². The lowest BCUT2D eigenvalue weighted by Gasteiger charge is -2.26. The molecule has 0 radical (unpaired) electrons. The van der Waals surface area contributed by atoms with Gasteiger partial charge in [0.15, 0.2) is 5.96 Å². The molecular weight excluding hydrogens is 364 g/mol. The zero-order valence-electron chi connectivity index (χ0n) is 16.4. The number of fused-ring (bicyclic) bond motifs is 3. The molecule has 150 valence electrons. The highest BCUT2D eigenvalue weighted by Gasteiger charge is 2.28. The molecule has 1 unspecified atom stereocenters. The Balaban J connectivity index is 1.63. The van der Waals surface area contributed by atoms with Crippen molar-refractivity contribution in [3.63, 3.8) is 0 Å². The highest BCUT2D eigenvalue weighted by Crippen LogP contribution is 2.28. The minimum Gasteiger partial charge on any atom is -0.370 e. The zero-order chi connectivity index (χ0) is 20.2. The molecule has 1 aliphatic rings. The van der Waals surface area contributed by atoms with Crippen LogP contribution in [0.3, 0.4) is 0 Å². The van der Waals surface area contributed by atoms with Crippen molar-refractivity contribution in [2.75, 3.05) is 19.6 Å². The van der Waals surface area contributed by atoms with Gasteiger partial charge in [0.1, 0.15) is 5.82 Å². The zero-order valence-corrected chi connectivity index (χ0v) is 16.4. The summed E-state index contributed by atoms with van der Waals surface area (Å²) in [5.41, 5.74) is 14.1. The largest absolute Gasteiger partial charge is 0.370 e. The Morgan fingerprint density at radius 3 is 2.66 bits per heavy atom. The van der Waals surface area contributed by atoms with Crippen LogP contribution in [0.15, 0.2) is 59.6 Å². The van der Waals surface area contributed by atoms with Crippen LogP contribution in [0.5, 0.6) is 0 Å². The van der Waals surface area contributed by atoms with Gasteiger partial charge in [-0.25, -0.2) is 4.98 Å². The fourth-order valence-corrected chi connectivity index (χ4v) is 4.05. The molecule has 0 saturated heterocycles. The fourth-order valence-electron chi connectivity index (χ4n) is 4.05. The molecule has 29 heavy (non-hydrogen) atoms.